The quantitative estimate of drug-likeness (QED) is 0.728. The highest BCUT2D eigenvalue weighted by Gasteiger charge is 2.20. The number of carbonyl (C=O) groups is 1. The molecule has 3 nitrogen and oxygen atoms in total. The molecular formula is C15H17BrN2OS. The van der Waals surface area contributed by atoms with Crippen LogP contribution in [0.25, 0.3) is 11.3 Å². The SMILES string of the molecule is Cc1sc(Br)cc1-c1nn(C2CCCCC2)cc1C=O. The minimum Gasteiger partial charge on any atom is -0.298 e. The van der Waals surface area contributed by atoms with Gasteiger partial charge in [0.25, 0.3) is 0 Å². The molecule has 0 radical (unpaired) electrons. The standard InChI is InChI=1S/C15H17BrN2OS/c1-10-13(7-14(16)20-10)15-11(9-19)8-18(17-15)12-5-3-2-4-6-12/h7-9,12H,2-6H2,1H3. The molecule has 1 aliphatic rings. The van der Waals surface area contributed by atoms with Gasteiger partial charge in [-0.15, -0.1) is 11.3 Å². The predicted octanol–water partition coefficient (Wildman–Crippen LogP) is 5.00. The van der Waals surface area contributed by atoms with Gasteiger partial charge in [0.15, 0.2) is 6.29 Å². The Balaban J connectivity index is 2.00. The Morgan fingerprint density at radius 1 is 1.40 bits per heavy atom. The molecule has 0 saturated heterocycles. The van der Waals surface area contributed by atoms with Crippen LogP contribution in [0.15, 0.2) is 16.0 Å². The summed E-state index contributed by atoms with van der Waals surface area (Å²) in [6, 6.07) is 2.51. The van der Waals surface area contributed by atoms with Crippen LogP contribution in [0.1, 0.15) is 53.4 Å². The Hall–Kier alpha value is -0.940. The van der Waals surface area contributed by atoms with Gasteiger partial charge in [0.1, 0.15) is 5.69 Å². The average molecular weight is 353 g/mol. The summed E-state index contributed by atoms with van der Waals surface area (Å²) in [5.74, 6) is 0. The second kappa shape index (κ2) is 5.82. The molecular weight excluding hydrogens is 336 g/mol. The van der Waals surface area contributed by atoms with Gasteiger partial charge in [-0.1, -0.05) is 19.3 Å². The molecule has 0 aromatic carbocycles. The average Bonchev–Trinajstić information content (AvgIpc) is 3.02. The van der Waals surface area contributed by atoms with Gasteiger partial charge < -0.3 is 0 Å². The van der Waals surface area contributed by atoms with Gasteiger partial charge >= 0.3 is 0 Å². The first-order chi connectivity index (χ1) is 9.69. The molecule has 1 aliphatic carbocycles. The van der Waals surface area contributed by atoms with Crippen LogP contribution in [0, 0.1) is 6.92 Å². The Bertz CT molecular complexity index is 626. The van der Waals surface area contributed by atoms with Gasteiger partial charge in [-0.25, -0.2) is 0 Å². The Labute approximate surface area is 131 Å². The maximum atomic E-state index is 11.4. The number of hydrogen-bond donors (Lipinski definition) is 0. The normalized spacial score (nSPS) is 16.5. The van der Waals surface area contributed by atoms with Gasteiger partial charge in [0.05, 0.1) is 15.4 Å². The number of aryl methyl sites for hydroxylation is 1. The fourth-order valence-corrected chi connectivity index (χ4v) is 4.61. The molecule has 0 unspecified atom stereocenters. The Morgan fingerprint density at radius 2 is 2.15 bits per heavy atom. The molecule has 20 heavy (non-hydrogen) atoms. The van der Waals surface area contributed by atoms with E-state index in [1.807, 2.05) is 10.9 Å². The molecule has 0 N–H and O–H groups in total. The van der Waals surface area contributed by atoms with Crippen LogP contribution in [0.4, 0.5) is 0 Å². The second-order valence-electron chi connectivity index (χ2n) is 5.34. The summed E-state index contributed by atoms with van der Waals surface area (Å²) in [7, 11) is 0. The molecule has 1 saturated carbocycles. The van der Waals surface area contributed by atoms with Crippen LogP contribution < -0.4 is 0 Å². The van der Waals surface area contributed by atoms with E-state index in [9.17, 15) is 4.79 Å². The van der Waals surface area contributed by atoms with E-state index in [0.717, 1.165) is 21.3 Å². The molecule has 2 aromatic heterocycles. The molecule has 106 valence electrons. The smallest absolute Gasteiger partial charge is 0.153 e. The first-order valence-electron chi connectivity index (χ1n) is 6.99. The zero-order valence-corrected chi connectivity index (χ0v) is 13.8. The molecule has 2 heterocycles. The fraction of sp³-hybridized carbons (Fsp3) is 0.467. The van der Waals surface area contributed by atoms with E-state index in [1.54, 1.807) is 11.3 Å². The summed E-state index contributed by atoms with van der Waals surface area (Å²) in [6.07, 6.45) is 9.04. The van der Waals surface area contributed by atoms with Crippen molar-refractivity contribution in [2.45, 2.75) is 45.1 Å². The van der Waals surface area contributed by atoms with Crippen LogP contribution in [0.3, 0.4) is 0 Å². The number of halogens is 1. The summed E-state index contributed by atoms with van der Waals surface area (Å²) in [6.45, 7) is 2.07. The predicted molar refractivity (Wildman–Crippen MR) is 85.5 cm³/mol. The van der Waals surface area contributed by atoms with Crippen molar-refractivity contribution < 1.29 is 4.79 Å². The van der Waals surface area contributed by atoms with E-state index >= 15 is 0 Å². The lowest BCUT2D eigenvalue weighted by molar-refractivity contribution is 0.112. The van der Waals surface area contributed by atoms with Gasteiger partial charge in [-0.05, 0) is 41.8 Å². The number of hydrogen-bond acceptors (Lipinski definition) is 3. The van der Waals surface area contributed by atoms with Crippen molar-refractivity contribution in [2.75, 3.05) is 0 Å². The van der Waals surface area contributed by atoms with Crippen LogP contribution in [-0.2, 0) is 0 Å². The summed E-state index contributed by atoms with van der Waals surface area (Å²) in [4.78, 5) is 12.5. The van der Waals surface area contributed by atoms with Crippen LogP contribution in [0.2, 0.25) is 0 Å². The van der Waals surface area contributed by atoms with E-state index in [0.29, 0.717) is 11.6 Å². The van der Waals surface area contributed by atoms with Crippen molar-refractivity contribution >= 4 is 33.6 Å². The van der Waals surface area contributed by atoms with E-state index in [2.05, 4.69) is 28.9 Å². The highest BCUT2D eigenvalue weighted by Crippen LogP contribution is 2.36. The third-order valence-electron chi connectivity index (χ3n) is 3.98. The lowest BCUT2D eigenvalue weighted by Gasteiger charge is -2.21. The van der Waals surface area contributed by atoms with Crippen molar-refractivity contribution in [1.82, 2.24) is 9.78 Å². The molecule has 5 heteroatoms. The van der Waals surface area contributed by atoms with Crippen LogP contribution in [0.5, 0.6) is 0 Å². The summed E-state index contributed by atoms with van der Waals surface area (Å²) in [5.41, 5.74) is 2.59. The number of rotatable bonds is 3. The molecule has 2 aromatic rings. The second-order valence-corrected chi connectivity index (χ2v) is 7.98. The zero-order valence-electron chi connectivity index (χ0n) is 11.4. The first kappa shape index (κ1) is 14.0. The topological polar surface area (TPSA) is 34.9 Å². The van der Waals surface area contributed by atoms with Crippen LogP contribution in [-0.4, -0.2) is 16.1 Å². The summed E-state index contributed by atoms with van der Waals surface area (Å²) in [5, 5.41) is 4.72. The van der Waals surface area contributed by atoms with Gasteiger partial charge in [-0.3, -0.25) is 9.48 Å². The molecule has 0 spiro atoms. The van der Waals surface area contributed by atoms with E-state index in [4.69, 9.17) is 5.10 Å². The largest absolute Gasteiger partial charge is 0.298 e. The number of aldehydes is 1. The van der Waals surface area contributed by atoms with Crippen LogP contribution >= 0.6 is 27.3 Å². The lowest BCUT2D eigenvalue weighted by atomic mass is 9.96. The molecule has 1 fully saturated rings. The molecule has 0 amide bonds. The molecule has 0 atom stereocenters. The summed E-state index contributed by atoms with van der Waals surface area (Å²) < 4.78 is 3.09. The molecule has 0 aliphatic heterocycles. The van der Waals surface area contributed by atoms with Gasteiger partial charge in [0, 0.05) is 16.6 Å². The minimum absolute atomic E-state index is 0.457. The minimum atomic E-state index is 0.457. The van der Waals surface area contributed by atoms with E-state index < -0.39 is 0 Å². The zero-order chi connectivity index (χ0) is 14.1. The van der Waals surface area contributed by atoms with Crippen molar-refractivity contribution in [2.24, 2.45) is 0 Å². The highest BCUT2D eigenvalue weighted by atomic mass is 79.9. The number of nitrogens with zero attached hydrogens (tertiary/aromatic N) is 2. The van der Waals surface area contributed by atoms with Gasteiger partial charge in [-0.2, -0.15) is 5.10 Å². The monoisotopic (exact) mass is 352 g/mol. The van der Waals surface area contributed by atoms with E-state index in [-0.39, 0.29) is 0 Å². The number of thiophene rings is 1. The third kappa shape index (κ3) is 2.61. The van der Waals surface area contributed by atoms with Crippen molar-refractivity contribution in [3.63, 3.8) is 0 Å². The van der Waals surface area contributed by atoms with Gasteiger partial charge in [0.2, 0.25) is 0 Å². The maximum Gasteiger partial charge on any atom is 0.153 e. The van der Waals surface area contributed by atoms with Crippen molar-refractivity contribution in [3.8, 4) is 11.3 Å². The van der Waals surface area contributed by atoms with Crippen molar-refractivity contribution in [3.05, 3.63) is 26.5 Å². The summed E-state index contributed by atoms with van der Waals surface area (Å²) >= 11 is 5.19. The highest BCUT2D eigenvalue weighted by molar-refractivity contribution is 9.11. The number of aromatic nitrogens is 2. The molecule has 0 bridgehead atoms. The third-order valence-corrected chi connectivity index (χ3v) is 5.53. The van der Waals surface area contributed by atoms with Crippen molar-refractivity contribution in [1.29, 1.82) is 0 Å². The first-order valence-corrected chi connectivity index (χ1v) is 8.60. The molecule has 3 rings (SSSR count). The van der Waals surface area contributed by atoms with E-state index in [1.165, 1.54) is 37.0 Å². The fourth-order valence-electron chi connectivity index (χ4n) is 2.91. The maximum absolute atomic E-state index is 11.4. The number of carbonyl (C=O) groups excluding carboxylic acids is 1. The Morgan fingerprint density at radius 3 is 2.75 bits per heavy atom. The lowest BCUT2D eigenvalue weighted by Crippen LogP contribution is -2.13. The Kier molecular flexibility index (Phi) is 4.08.